The molecule has 0 aliphatic carbocycles. The Bertz CT molecular complexity index is 632. The van der Waals surface area contributed by atoms with Gasteiger partial charge in [-0.2, -0.15) is 0 Å². The first-order valence-corrected chi connectivity index (χ1v) is 9.01. The lowest BCUT2D eigenvalue weighted by atomic mass is 10.00. The SMILES string of the molecule is CC(C)CCC(C)NC(=O)C(C(C)C)N1C(=O)c2ccccc2C1=O. The zero-order chi connectivity index (χ0) is 18.7. The van der Waals surface area contributed by atoms with Crippen molar-refractivity contribution in [3.63, 3.8) is 0 Å². The number of nitrogens with zero attached hydrogens (tertiary/aromatic N) is 1. The molecule has 1 N–H and O–H groups in total. The maximum Gasteiger partial charge on any atom is 0.262 e. The van der Waals surface area contributed by atoms with E-state index < -0.39 is 6.04 Å². The molecule has 1 aliphatic heterocycles. The zero-order valence-corrected chi connectivity index (χ0v) is 15.7. The second-order valence-electron chi connectivity index (χ2n) is 7.60. The van der Waals surface area contributed by atoms with E-state index >= 15 is 0 Å². The minimum Gasteiger partial charge on any atom is -0.352 e. The molecule has 25 heavy (non-hydrogen) atoms. The van der Waals surface area contributed by atoms with Crippen LogP contribution in [0.15, 0.2) is 24.3 Å². The Morgan fingerprint density at radius 3 is 1.92 bits per heavy atom. The minimum atomic E-state index is -0.797. The molecular formula is C20H28N2O3. The van der Waals surface area contributed by atoms with Crippen molar-refractivity contribution in [2.75, 3.05) is 0 Å². The van der Waals surface area contributed by atoms with Crippen LogP contribution in [0.1, 0.15) is 68.2 Å². The van der Waals surface area contributed by atoms with E-state index in [9.17, 15) is 14.4 Å². The average molecular weight is 344 g/mol. The highest BCUT2D eigenvalue weighted by atomic mass is 16.2. The Balaban J connectivity index is 2.17. The standard InChI is InChI=1S/C20H28N2O3/c1-12(2)10-11-14(5)21-18(23)17(13(3)4)22-19(24)15-8-6-7-9-16(15)20(22)25/h6-9,12-14,17H,10-11H2,1-5H3,(H,21,23). The minimum absolute atomic E-state index is 0.00586. The van der Waals surface area contributed by atoms with Crippen LogP contribution in [0.2, 0.25) is 0 Å². The topological polar surface area (TPSA) is 66.5 Å². The molecule has 136 valence electrons. The summed E-state index contributed by atoms with van der Waals surface area (Å²) < 4.78 is 0. The van der Waals surface area contributed by atoms with Gasteiger partial charge in [0.05, 0.1) is 11.1 Å². The number of rotatable bonds is 7. The van der Waals surface area contributed by atoms with Crippen LogP contribution < -0.4 is 5.32 Å². The van der Waals surface area contributed by atoms with Crippen molar-refractivity contribution >= 4 is 17.7 Å². The smallest absolute Gasteiger partial charge is 0.262 e. The van der Waals surface area contributed by atoms with Gasteiger partial charge in [0.1, 0.15) is 6.04 Å². The molecule has 1 aromatic carbocycles. The highest BCUT2D eigenvalue weighted by Crippen LogP contribution is 2.27. The number of carbonyl (C=O) groups is 3. The Hall–Kier alpha value is -2.17. The van der Waals surface area contributed by atoms with Crippen LogP contribution in [-0.2, 0) is 4.79 Å². The van der Waals surface area contributed by atoms with Crippen LogP contribution in [0.3, 0.4) is 0 Å². The first kappa shape index (κ1) is 19.2. The second kappa shape index (κ2) is 7.81. The van der Waals surface area contributed by atoms with Gasteiger partial charge in [-0.25, -0.2) is 0 Å². The second-order valence-corrected chi connectivity index (χ2v) is 7.60. The molecule has 1 heterocycles. The van der Waals surface area contributed by atoms with Crippen LogP contribution in [0, 0.1) is 11.8 Å². The lowest BCUT2D eigenvalue weighted by Gasteiger charge is -2.29. The first-order chi connectivity index (χ1) is 11.7. The Labute approximate surface area is 149 Å². The summed E-state index contributed by atoms with van der Waals surface area (Å²) in [5.41, 5.74) is 0.748. The van der Waals surface area contributed by atoms with Gasteiger partial charge in [-0.3, -0.25) is 19.3 Å². The van der Waals surface area contributed by atoms with Crippen molar-refractivity contribution in [1.29, 1.82) is 0 Å². The summed E-state index contributed by atoms with van der Waals surface area (Å²) in [5.74, 6) is -0.634. The summed E-state index contributed by atoms with van der Waals surface area (Å²) in [6.45, 7) is 9.95. The van der Waals surface area contributed by atoms with Crippen molar-refractivity contribution < 1.29 is 14.4 Å². The van der Waals surface area contributed by atoms with Gasteiger partial charge in [0.2, 0.25) is 5.91 Å². The van der Waals surface area contributed by atoms with Crippen LogP contribution in [0.5, 0.6) is 0 Å². The molecule has 0 bridgehead atoms. The van der Waals surface area contributed by atoms with Gasteiger partial charge in [0.25, 0.3) is 11.8 Å². The normalized spacial score (nSPS) is 16.4. The van der Waals surface area contributed by atoms with E-state index in [2.05, 4.69) is 19.2 Å². The maximum atomic E-state index is 12.8. The highest BCUT2D eigenvalue weighted by Gasteiger charge is 2.43. The van der Waals surface area contributed by atoms with Crippen LogP contribution >= 0.6 is 0 Å². The highest BCUT2D eigenvalue weighted by molar-refractivity contribution is 6.22. The molecule has 0 fully saturated rings. The van der Waals surface area contributed by atoms with E-state index in [0.29, 0.717) is 17.0 Å². The fourth-order valence-electron chi connectivity index (χ4n) is 3.16. The molecule has 3 amide bonds. The summed E-state index contributed by atoms with van der Waals surface area (Å²) >= 11 is 0. The third kappa shape index (κ3) is 4.09. The average Bonchev–Trinajstić information content (AvgIpc) is 2.78. The van der Waals surface area contributed by atoms with Crippen molar-refractivity contribution in [3.05, 3.63) is 35.4 Å². The number of nitrogens with one attached hydrogen (secondary N) is 1. The predicted molar refractivity (Wildman–Crippen MR) is 97.2 cm³/mol. The molecule has 2 rings (SSSR count). The van der Waals surface area contributed by atoms with Gasteiger partial charge in [-0.15, -0.1) is 0 Å². The number of benzene rings is 1. The largest absolute Gasteiger partial charge is 0.352 e. The predicted octanol–water partition coefficient (Wildman–Crippen LogP) is 3.25. The Morgan fingerprint density at radius 2 is 1.48 bits per heavy atom. The lowest BCUT2D eigenvalue weighted by Crippen LogP contribution is -2.53. The van der Waals surface area contributed by atoms with Gasteiger partial charge >= 0.3 is 0 Å². The molecule has 0 saturated heterocycles. The van der Waals surface area contributed by atoms with E-state index in [4.69, 9.17) is 0 Å². The van der Waals surface area contributed by atoms with Crippen LogP contribution in [0.4, 0.5) is 0 Å². The van der Waals surface area contributed by atoms with E-state index in [0.717, 1.165) is 17.7 Å². The Kier molecular flexibility index (Phi) is 5.98. The third-order valence-electron chi connectivity index (χ3n) is 4.57. The van der Waals surface area contributed by atoms with Crippen LogP contribution in [-0.4, -0.2) is 34.7 Å². The number of imide groups is 1. The number of fused-ring (bicyclic) bond motifs is 1. The quantitative estimate of drug-likeness (QED) is 0.772. The molecule has 1 aromatic rings. The van der Waals surface area contributed by atoms with E-state index in [1.54, 1.807) is 24.3 Å². The summed E-state index contributed by atoms with van der Waals surface area (Å²) in [4.78, 5) is 39.3. The summed E-state index contributed by atoms with van der Waals surface area (Å²) in [7, 11) is 0. The third-order valence-corrected chi connectivity index (χ3v) is 4.57. The summed E-state index contributed by atoms with van der Waals surface area (Å²) in [6, 6.07) is 5.93. The molecular weight excluding hydrogens is 316 g/mol. The van der Waals surface area contributed by atoms with E-state index in [1.165, 1.54) is 0 Å². The molecule has 5 nitrogen and oxygen atoms in total. The number of amides is 3. The van der Waals surface area contributed by atoms with Crippen molar-refractivity contribution in [1.82, 2.24) is 10.2 Å². The fourth-order valence-corrected chi connectivity index (χ4v) is 3.16. The maximum absolute atomic E-state index is 12.8. The van der Waals surface area contributed by atoms with Gasteiger partial charge in [0, 0.05) is 6.04 Å². The molecule has 1 aliphatic rings. The molecule has 0 aromatic heterocycles. The summed E-state index contributed by atoms with van der Waals surface area (Å²) in [6.07, 6.45) is 1.89. The molecule has 0 spiro atoms. The zero-order valence-electron chi connectivity index (χ0n) is 15.7. The van der Waals surface area contributed by atoms with Crippen molar-refractivity contribution in [2.24, 2.45) is 11.8 Å². The molecule has 0 radical (unpaired) electrons. The molecule has 5 heteroatoms. The lowest BCUT2D eigenvalue weighted by molar-refractivity contribution is -0.127. The molecule has 0 saturated carbocycles. The number of hydrogen-bond acceptors (Lipinski definition) is 3. The van der Waals surface area contributed by atoms with Crippen LogP contribution in [0.25, 0.3) is 0 Å². The Morgan fingerprint density at radius 1 is 0.960 bits per heavy atom. The number of carbonyl (C=O) groups excluding carboxylic acids is 3. The monoisotopic (exact) mass is 344 g/mol. The number of hydrogen-bond donors (Lipinski definition) is 1. The van der Waals surface area contributed by atoms with E-state index in [1.807, 2.05) is 20.8 Å². The fraction of sp³-hybridized carbons (Fsp3) is 0.550. The van der Waals surface area contributed by atoms with Crippen molar-refractivity contribution in [2.45, 2.75) is 59.5 Å². The first-order valence-electron chi connectivity index (χ1n) is 9.01. The van der Waals surface area contributed by atoms with Gasteiger partial charge < -0.3 is 5.32 Å². The van der Waals surface area contributed by atoms with Crippen molar-refractivity contribution in [3.8, 4) is 0 Å². The molecule has 2 unspecified atom stereocenters. The summed E-state index contributed by atoms with van der Waals surface area (Å²) in [5, 5.41) is 2.98. The van der Waals surface area contributed by atoms with Gasteiger partial charge in [0.15, 0.2) is 0 Å². The van der Waals surface area contributed by atoms with Gasteiger partial charge in [-0.05, 0) is 43.7 Å². The van der Waals surface area contributed by atoms with Gasteiger partial charge in [-0.1, -0.05) is 39.8 Å². The van der Waals surface area contributed by atoms with E-state index in [-0.39, 0.29) is 29.7 Å². The molecule has 2 atom stereocenters.